The Morgan fingerprint density at radius 1 is 1.06 bits per heavy atom. The van der Waals surface area contributed by atoms with Gasteiger partial charge in [0.15, 0.2) is 0 Å². The van der Waals surface area contributed by atoms with Crippen molar-refractivity contribution in [3.05, 3.63) is 48.0 Å². The Bertz CT molecular complexity index is 1140. The summed E-state index contributed by atoms with van der Waals surface area (Å²) in [5.41, 5.74) is 4.19. The lowest BCUT2D eigenvalue weighted by Gasteiger charge is -2.32. The number of aromatic nitrogens is 4. The van der Waals surface area contributed by atoms with E-state index in [1.54, 1.807) is 15.6 Å². The number of anilines is 1. The molecule has 9 heteroatoms. The highest BCUT2D eigenvalue weighted by Crippen LogP contribution is 2.28. The van der Waals surface area contributed by atoms with Crippen molar-refractivity contribution < 1.29 is 9.59 Å². The fraction of sp³-hybridized carbons (Fsp3) is 0.478. The van der Waals surface area contributed by atoms with Gasteiger partial charge in [-0.05, 0) is 62.0 Å². The first kappa shape index (κ1) is 20.7. The fourth-order valence-electron chi connectivity index (χ4n) is 4.80. The Morgan fingerprint density at radius 3 is 2.62 bits per heavy atom. The zero-order chi connectivity index (χ0) is 22.2. The van der Waals surface area contributed by atoms with Crippen LogP contribution in [0.15, 0.2) is 36.8 Å². The minimum absolute atomic E-state index is 0.141. The lowest BCUT2D eigenvalue weighted by Crippen LogP contribution is -2.50. The predicted octanol–water partition coefficient (Wildman–Crippen LogP) is 2.31. The van der Waals surface area contributed by atoms with Gasteiger partial charge >= 0.3 is 6.03 Å². The maximum atomic E-state index is 12.6. The van der Waals surface area contributed by atoms with E-state index in [0.717, 1.165) is 37.3 Å². The third kappa shape index (κ3) is 3.88. The van der Waals surface area contributed by atoms with Crippen molar-refractivity contribution in [3.63, 3.8) is 0 Å². The van der Waals surface area contributed by atoms with Gasteiger partial charge in [0.05, 0.1) is 23.1 Å². The van der Waals surface area contributed by atoms with Crippen LogP contribution in [-0.4, -0.2) is 67.8 Å². The molecule has 0 bridgehead atoms. The summed E-state index contributed by atoms with van der Waals surface area (Å²) in [5.74, 6) is 0.505. The number of carbonyl (C=O) groups is 2. The lowest BCUT2D eigenvalue weighted by molar-refractivity contribution is -0.127. The summed E-state index contributed by atoms with van der Waals surface area (Å²) in [6.45, 7) is 3.54. The van der Waals surface area contributed by atoms with Crippen LogP contribution in [0.2, 0.25) is 0 Å². The van der Waals surface area contributed by atoms with Crippen LogP contribution in [0.25, 0.3) is 5.52 Å². The number of piperidine rings is 1. The zero-order valence-corrected chi connectivity index (χ0v) is 18.6. The molecule has 3 aromatic heterocycles. The number of imide groups is 1. The molecule has 5 heterocycles. The van der Waals surface area contributed by atoms with Gasteiger partial charge in [0.1, 0.15) is 0 Å². The summed E-state index contributed by atoms with van der Waals surface area (Å²) in [6, 6.07) is 6.07. The predicted molar refractivity (Wildman–Crippen MR) is 120 cm³/mol. The van der Waals surface area contributed by atoms with E-state index in [1.807, 2.05) is 24.1 Å². The van der Waals surface area contributed by atoms with E-state index in [4.69, 9.17) is 0 Å². The number of likely N-dealkylation sites (tertiary alicyclic amines) is 1. The number of hydrogen-bond acceptors (Lipinski definition) is 5. The first-order valence-electron chi connectivity index (χ1n) is 11.2. The number of carbonyl (C=O) groups excluding carboxylic acids is 2. The molecule has 2 aliphatic rings. The van der Waals surface area contributed by atoms with Crippen LogP contribution in [0.4, 0.5) is 10.5 Å². The molecule has 0 saturated carbocycles. The van der Waals surface area contributed by atoms with E-state index < -0.39 is 0 Å². The van der Waals surface area contributed by atoms with Gasteiger partial charge in [-0.3, -0.25) is 24.2 Å². The van der Waals surface area contributed by atoms with Gasteiger partial charge in [0, 0.05) is 46.0 Å². The van der Waals surface area contributed by atoms with E-state index in [1.165, 1.54) is 36.0 Å². The standard InChI is InChI=1S/C23H29N7O2/c1-26-22(31)7-11-29(23(26)32)21-15-25-30-12-6-18(14-20(21)30)13-17-4-9-28(10-5-17)16-19-3-8-24-27(19)2/h3,6,8,12,14-15,17H,4-5,7,9-11,13,16H2,1-2H3. The fourth-order valence-corrected chi connectivity index (χ4v) is 4.80. The average Bonchev–Trinajstić information content (AvgIpc) is 3.39. The van der Waals surface area contributed by atoms with Crippen molar-refractivity contribution in [2.24, 2.45) is 13.0 Å². The minimum atomic E-state index is -0.289. The Morgan fingerprint density at radius 2 is 1.88 bits per heavy atom. The van der Waals surface area contributed by atoms with E-state index >= 15 is 0 Å². The Balaban J connectivity index is 1.26. The zero-order valence-electron chi connectivity index (χ0n) is 18.6. The van der Waals surface area contributed by atoms with Gasteiger partial charge < -0.3 is 0 Å². The molecule has 0 aliphatic carbocycles. The first-order chi connectivity index (χ1) is 15.5. The summed E-state index contributed by atoms with van der Waals surface area (Å²) in [6.07, 6.45) is 9.24. The Hall–Kier alpha value is -3.20. The Kier molecular flexibility index (Phi) is 5.42. The van der Waals surface area contributed by atoms with Crippen LogP contribution in [0, 0.1) is 5.92 Å². The molecule has 2 aliphatic heterocycles. The number of urea groups is 1. The van der Waals surface area contributed by atoms with Crippen LogP contribution in [0.1, 0.15) is 30.5 Å². The number of rotatable bonds is 5. The largest absolute Gasteiger partial charge is 0.331 e. The number of nitrogens with zero attached hydrogens (tertiary/aromatic N) is 7. The molecular weight excluding hydrogens is 406 g/mol. The Labute approximate surface area is 187 Å². The van der Waals surface area contributed by atoms with Crippen molar-refractivity contribution in [2.45, 2.75) is 32.2 Å². The number of pyridine rings is 1. The molecule has 0 radical (unpaired) electrons. The van der Waals surface area contributed by atoms with Gasteiger partial charge in [-0.2, -0.15) is 10.2 Å². The van der Waals surface area contributed by atoms with Crippen LogP contribution in [0.5, 0.6) is 0 Å². The van der Waals surface area contributed by atoms with Crippen LogP contribution >= 0.6 is 0 Å². The molecule has 32 heavy (non-hydrogen) atoms. The number of aryl methyl sites for hydroxylation is 1. The monoisotopic (exact) mass is 435 g/mol. The quantitative estimate of drug-likeness (QED) is 0.615. The van der Waals surface area contributed by atoms with Gasteiger partial charge in [-0.1, -0.05) is 0 Å². The average molecular weight is 436 g/mol. The summed E-state index contributed by atoms with van der Waals surface area (Å²) >= 11 is 0. The molecule has 2 fully saturated rings. The molecule has 0 N–H and O–H groups in total. The molecule has 2 saturated heterocycles. The molecule has 168 valence electrons. The van der Waals surface area contributed by atoms with Crippen LogP contribution in [-0.2, 0) is 24.8 Å². The smallest absolute Gasteiger partial charge is 0.298 e. The molecule has 0 atom stereocenters. The summed E-state index contributed by atoms with van der Waals surface area (Å²) in [7, 11) is 3.53. The lowest BCUT2D eigenvalue weighted by atomic mass is 9.90. The maximum Gasteiger partial charge on any atom is 0.331 e. The van der Waals surface area contributed by atoms with Crippen LogP contribution < -0.4 is 4.90 Å². The highest BCUT2D eigenvalue weighted by molar-refractivity contribution is 6.07. The van der Waals surface area contributed by atoms with Crippen LogP contribution in [0.3, 0.4) is 0 Å². The third-order valence-electron chi connectivity index (χ3n) is 6.84. The van der Waals surface area contributed by atoms with E-state index in [-0.39, 0.29) is 11.9 Å². The second kappa shape index (κ2) is 8.38. The number of amides is 3. The maximum absolute atomic E-state index is 12.6. The summed E-state index contributed by atoms with van der Waals surface area (Å²) in [5, 5.41) is 8.68. The van der Waals surface area contributed by atoms with Crippen molar-refractivity contribution in [1.82, 2.24) is 29.2 Å². The normalized spacial score (nSPS) is 18.8. The van der Waals surface area contributed by atoms with Crippen molar-refractivity contribution in [2.75, 3.05) is 31.6 Å². The molecule has 0 aromatic carbocycles. The minimum Gasteiger partial charge on any atom is -0.298 e. The molecule has 3 amide bonds. The molecular formula is C23H29N7O2. The van der Waals surface area contributed by atoms with Crippen molar-refractivity contribution in [1.29, 1.82) is 0 Å². The summed E-state index contributed by atoms with van der Waals surface area (Å²) < 4.78 is 3.75. The van der Waals surface area contributed by atoms with E-state index in [2.05, 4.69) is 33.3 Å². The van der Waals surface area contributed by atoms with E-state index in [9.17, 15) is 9.59 Å². The van der Waals surface area contributed by atoms with E-state index in [0.29, 0.717) is 18.9 Å². The van der Waals surface area contributed by atoms with Crippen molar-refractivity contribution in [3.8, 4) is 0 Å². The number of fused-ring (bicyclic) bond motifs is 1. The topological polar surface area (TPSA) is 79.0 Å². The second-order valence-electron chi connectivity index (χ2n) is 8.90. The highest BCUT2D eigenvalue weighted by atomic mass is 16.2. The van der Waals surface area contributed by atoms with Gasteiger partial charge in [0.2, 0.25) is 5.91 Å². The first-order valence-corrected chi connectivity index (χ1v) is 11.2. The van der Waals surface area contributed by atoms with Gasteiger partial charge in [-0.25, -0.2) is 9.31 Å². The summed E-state index contributed by atoms with van der Waals surface area (Å²) in [4.78, 5) is 29.8. The molecule has 9 nitrogen and oxygen atoms in total. The number of hydrogen-bond donors (Lipinski definition) is 0. The molecule has 0 spiro atoms. The molecule has 5 rings (SSSR count). The molecule has 0 unspecified atom stereocenters. The van der Waals surface area contributed by atoms with Crippen molar-refractivity contribution >= 4 is 23.1 Å². The highest BCUT2D eigenvalue weighted by Gasteiger charge is 2.31. The molecule has 3 aromatic rings. The second-order valence-corrected chi connectivity index (χ2v) is 8.90. The SMILES string of the molecule is CN1C(=O)CCN(c2cnn3ccc(CC4CCN(Cc5ccnn5C)CC4)cc23)C1=O. The third-order valence-corrected chi connectivity index (χ3v) is 6.84. The van der Waals surface area contributed by atoms with Gasteiger partial charge in [-0.15, -0.1) is 0 Å². The van der Waals surface area contributed by atoms with Gasteiger partial charge in [0.25, 0.3) is 0 Å².